The third-order valence-electron chi connectivity index (χ3n) is 2.92. The summed E-state index contributed by atoms with van der Waals surface area (Å²) < 4.78 is 2.64. The molecule has 19 heavy (non-hydrogen) atoms. The Kier molecular flexibility index (Phi) is 3.31. The number of pyridine rings is 2. The summed E-state index contributed by atoms with van der Waals surface area (Å²) in [4.78, 5) is 11.6. The van der Waals surface area contributed by atoms with Gasteiger partial charge in [-0.05, 0) is 36.3 Å². The van der Waals surface area contributed by atoms with Crippen LogP contribution in [0.4, 0.5) is 0 Å². The van der Waals surface area contributed by atoms with Crippen molar-refractivity contribution in [3.8, 4) is 0 Å². The van der Waals surface area contributed by atoms with Gasteiger partial charge in [-0.25, -0.2) is 4.98 Å². The van der Waals surface area contributed by atoms with Crippen LogP contribution in [0, 0.1) is 4.77 Å². The predicted octanol–water partition coefficient (Wildman–Crippen LogP) is 3.38. The molecule has 6 heteroatoms. The molecule has 0 unspecified atom stereocenters. The smallest absolute Gasteiger partial charge is 0.179 e. The summed E-state index contributed by atoms with van der Waals surface area (Å²) in [7, 11) is 0. The number of nitrogens with one attached hydrogen (secondary N) is 1. The maximum atomic E-state index is 5.92. The van der Waals surface area contributed by atoms with Crippen LogP contribution >= 0.6 is 23.8 Å². The minimum absolute atomic E-state index is 0.600. The number of halogens is 1. The normalized spacial score (nSPS) is 11.0. The Labute approximate surface area is 120 Å². The summed E-state index contributed by atoms with van der Waals surface area (Å²) in [5.41, 5.74) is 2.87. The lowest BCUT2D eigenvalue weighted by atomic mass is 10.2. The first-order valence-electron chi connectivity index (χ1n) is 5.87. The minimum Gasteiger partial charge on any atom is -0.329 e. The molecule has 0 spiro atoms. The molecule has 3 aromatic rings. The molecule has 3 rings (SSSR count). The van der Waals surface area contributed by atoms with Crippen LogP contribution in [-0.4, -0.2) is 19.5 Å². The van der Waals surface area contributed by atoms with Crippen LogP contribution in [0.15, 0.2) is 36.8 Å². The van der Waals surface area contributed by atoms with E-state index in [0.29, 0.717) is 9.79 Å². The van der Waals surface area contributed by atoms with E-state index in [4.69, 9.17) is 23.8 Å². The predicted molar refractivity (Wildman–Crippen MR) is 77.9 cm³/mol. The molecule has 96 valence electrons. The molecule has 4 nitrogen and oxygen atoms in total. The van der Waals surface area contributed by atoms with Crippen LogP contribution in [0.2, 0.25) is 5.02 Å². The van der Waals surface area contributed by atoms with Gasteiger partial charge in [0.25, 0.3) is 0 Å². The van der Waals surface area contributed by atoms with E-state index in [9.17, 15) is 0 Å². The van der Waals surface area contributed by atoms with E-state index < -0.39 is 0 Å². The van der Waals surface area contributed by atoms with Crippen molar-refractivity contribution in [3.63, 3.8) is 0 Å². The van der Waals surface area contributed by atoms with Gasteiger partial charge in [-0.3, -0.25) is 4.98 Å². The number of hydrogen-bond acceptors (Lipinski definition) is 3. The highest BCUT2D eigenvalue weighted by atomic mass is 35.5. The SMILES string of the molecule is S=c1[nH]c2cc(Cl)cnc2n1CCc1cccnc1. The van der Waals surface area contributed by atoms with Crippen LogP contribution in [0.1, 0.15) is 5.56 Å². The second kappa shape index (κ2) is 5.11. The highest BCUT2D eigenvalue weighted by Crippen LogP contribution is 2.16. The summed E-state index contributed by atoms with van der Waals surface area (Å²) in [6, 6.07) is 5.82. The van der Waals surface area contributed by atoms with E-state index in [1.165, 1.54) is 5.56 Å². The molecule has 3 heterocycles. The van der Waals surface area contributed by atoms with Crippen LogP contribution in [0.3, 0.4) is 0 Å². The Morgan fingerprint density at radius 2 is 2.26 bits per heavy atom. The molecule has 0 saturated heterocycles. The Morgan fingerprint density at radius 3 is 3.05 bits per heavy atom. The van der Waals surface area contributed by atoms with E-state index in [2.05, 4.69) is 21.0 Å². The number of aryl methyl sites for hydroxylation is 2. The first kappa shape index (κ1) is 12.3. The maximum absolute atomic E-state index is 5.92. The zero-order valence-electron chi connectivity index (χ0n) is 10.0. The number of H-pyrrole nitrogens is 1. The third-order valence-corrected chi connectivity index (χ3v) is 3.45. The topological polar surface area (TPSA) is 46.5 Å². The summed E-state index contributed by atoms with van der Waals surface area (Å²) in [6.07, 6.45) is 6.12. The Balaban J connectivity index is 1.93. The lowest BCUT2D eigenvalue weighted by molar-refractivity contribution is 0.699. The molecule has 0 saturated carbocycles. The van der Waals surface area contributed by atoms with Crippen LogP contribution in [0.25, 0.3) is 11.2 Å². The molecule has 1 N–H and O–H groups in total. The highest BCUT2D eigenvalue weighted by molar-refractivity contribution is 7.71. The number of fused-ring (bicyclic) bond motifs is 1. The van der Waals surface area contributed by atoms with Crippen LogP contribution in [-0.2, 0) is 13.0 Å². The van der Waals surface area contributed by atoms with E-state index in [-0.39, 0.29) is 0 Å². The van der Waals surface area contributed by atoms with Gasteiger partial charge in [0.05, 0.1) is 10.5 Å². The zero-order chi connectivity index (χ0) is 13.2. The lowest BCUT2D eigenvalue weighted by Crippen LogP contribution is -2.02. The van der Waals surface area contributed by atoms with Gasteiger partial charge in [0, 0.05) is 25.1 Å². The fourth-order valence-corrected chi connectivity index (χ4v) is 2.46. The van der Waals surface area contributed by atoms with Crippen molar-refractivity contribution in [2.45, 2.75) is 13.0 Å². The lowest BCUT2D eigenvalue weighted by Gasteiger charge is -2.03. The van der Waals surface area contributed by atoms with Crippen molar-refractivity contribution in [1.82, 2.24) is 19.5 Å². The molecule has 0 aliphatic rings. The van der Waals surface area contributed by atoms with E-state index in [0.717, 1.165) is 24.1 Å². The molecule has 0 bridgehead atoms. The second-order valence-electron chi connectivity index (χ2n) is 4.22. The van der Waals surface area contributed by atoms with Crippen molar-refractivity contribution in [2.75, 3.05) is 0 Å². The van der Waals surface area contributed by atoms with Gasteiger partial charge >= 0.3 is 0 Å². The van der Waals surface area contributed by atoms with Crippen molar-refractivity contribution in [1.29, 1.82) is 0 Å². The van der Waals surface area contributed by atoms with Crippen molar-refractivity contribution in [3.05, 3.63) is 52.1 Å². The van der Waals surface area contributed by atoms with Crippen LogP contribution < -0.4 is 0 Å². The first-order valence-corrected chi connectivity index (χ1v) is 6.65. The largest absolute Gasteiger partial charge is 0.329 e. The Bertz CT molecular complexity index is 763. The molecule has 0 aliphatic carbocycles. The summed E-state index contributed by atoms with van der Waals surface area (Å²) in [6.45, 7) is 0.763. The van der Waals surface area contributed by atoms with Crippen molar-refractivity contribution >= 4 is 35.0 Å². The average Bonchev–Trinajstić information content (AvgIpc) is 2.72. The fraction of sp³-hybridized carbons (Fsp3) is 0.154. The van der Waals surface area contributed by atoms with E-state index in [1.807, 2.05) is 22.9 Å². The van der Waals surface area contributed by atoms with Crippen molar-refractivity contribution < 1.29 is 0 Å². The number of aromatic nitrogens is 4. The molecule has 0 fully saturated rings. The van der Waals surface area contributed by atoms with Gasteiger partial charge in [0.2, 0.25) is 0 Å². The molecular formula is C13H11ClN4S. The van der Waals surface area contributed by atoms with Gasteiger partial charge in [0.1, 0.15) is 0 Å². The van der Waals surface area contributed by atoms with Gasteiger partial charge < -0.3 is 9.55 Å². The molecule has 0 amide bonds. The Hall–Kier alpha value is -1.72. The number of rotatable bonds is 3. The number of nitrogens with zero attached hydrogens (tertiary/aromatic N) is 3. The molecule has 0 aliphatic heterocycles. The summed E-state index contributed by atoms with van der Waals surface area (Å²) in [5.74, 6) is 0. The van der Waals surface area contributed by atoms with Gasteiger partial charge in [0.15, 0.2) is 10.4 Å². The minimum atomic E-state index is 0.600. The summed E-state index contributed by atoms with van der Waals surface area (Å²) in [5, 5.41) is 0.600. The highest BCUT2D eigenvalue weighted by Gasteiger charge is 2.06. The molecule has 3 aromatic heterocycles. The first-order chi connectivity index (χ1) is 9.24. The quantitative estimate of drug-likeness (QED) is 0.752. The van der Waals surface area contributed by atoms with Gasteiger partial charge in [-0.2, -0.15) is 0 Å². The molecular weight excluding hydrogens is 280 g/mol. The zero-order valence-corrected chi connectivity index (χ0v) is 11.6. The standard InChI is InChI=1S/C13H11ClN4S/c14-10-6-11-12(16-8-10)18(13(19)17-11)5-3-9-2-1-4-15-7-9/h1-2,4,6-8H,3,5H2,(H,17,19). The van der Waals surface area contributed by atoms with Gasteiger partial charge in [-0.15, -0.1) is 0 Å². The summed E-state index contributed by atoms with van der Waals surface area (Å²) >= 11 is 11.2. The monoisotopic (exact) mass is 290 g/mol. The maximum Gasteiger partial charge on any atom is 0.179 e. The molecule has 0 aromatic carbocycles. The van der Waals surface area contributed by atoms with E-state index in [1.54, 1.807) is 12.4 Å². The second-order valence-corrected chi connectivity index (χ2v) is 5.04. The average molecular weight is 291 g/mol. The molecule has 0 atom stereocenters. The third kappa shape index (κ3) is 2.52. The Morgan fingerprint density at radius 1 is 1.37 bits per heavy atom. The van der Waals surface area contributed by atoms with E-state index >= 15 is 0 Å². The van der Waals surface area contributed by atoms with Gasteiger partial charge in [-0.1, -0.05) is 17.7 Å². The fourth-order valence-electron chi connectivity index (χ4n) is 2.01. The number of hydrogen-bond donors (Lipinski definition) is 1. The number of aromatic amines is 1. The van der Waals surface area contributed by atoms with Crippen molar-refractivity contribution in [2.24, 2.45) is 0 Å². The molecule has 0 radical (unpaired) electrons. The van der Waals surface area contributed by atoms with Crippen LogP contribution in [0.5, 0.6) is 0 Å². The number of imidazole rings is 1.